The van der Waals surface area contributed by atoms with Crippen LogP contribution < -0.4 is 14.8 Å². The van der Waals surface area contributed by atoms with E-state index in [4.69, 9.17) is 14.0 Å². The summed E-state index contributed by atoms with van der Waals surface area (Å²) < 4.78 is 15.4. The molecule has 2 rings (SSSR count). The first kappa shape index (κ1) is 14.8. The molecule has 0 saturated carbocycles. The van der Waals surface area contributed by atoms with Crippen LogP contribution in [-0.4, -0.2) is 36.3 Å². The van der Waals surface area contributed by atoms with E-state index in [1.807, 2.05) is 24.3 Å². The summed E-state index contributed by atoms with van der Waals surface area (Å²) in [5.74, 6) is 2.13. The Morgan fingerprint density at radius 3 is 2.62 bits per heavy atom. The minimum absolute atomic E-state index is 0.0728. The van der Waals surface area contributed by atoms with E-state index in [-0.39, 0.29) is 12.3 Å². The smallest absolute Gasteiger partial charge is 0.236 e. The number of rotatable bonds is 7. The van der Waals surface area contributed by atoms with Crippen LogP contribution in [0.15, 0.2) is 28.8 Å². The molecule has 0 aliphatic heterocycles. The average molecular weight is 291 g/mol. The van der Waals surface area contributed by atoms with Gasteiger partial charge in [-0.1, -0.05) is 5.16 Å². The molecule has 0 bridgehead atoms. The van der Waals surface area contributed by atoms with Crippen molar-refractivity contribution in [1.82, 2.24) is 15.5 Å². The Balaban J connectivity index is 1.65. The molecule has 1 heterocycles. The lowest BCUT2D eigenvalue weighted by atomic mass is 10.3. The Kier molecular flexibility index (Phi) is 5.14. The number of amides is 1. The van der Waals surface area contributed by atoms with E-state index < -0.39 is 0 Å². The van der Waals surface area contributed by atoms with Gasteiger partial charge in [-0.2, -0.15) is 4.98 Å². The van der Waals surface area contributed by atoms with E-state index >= 15 is 0 Å². The largest absolute Gasteiger partial charge is 0.497 e. The summed E-state index contributed by atoms with van der Waals surface area (Å²) in [5.41, 5.74) is 0. The van der Waals surface area contributed by atoms with E-state index in [0.717, 1.165) is 11.5 Å². The van der Waals surface area contributed by atoms with Crippen molar-refractivity contribution in [3.63, 3.8) is 0 Å². The Hall–Kier alpha value is -2.57. The van der Waals surface area contributed by atoms with Crippen LogP contribution in [0.25, 0.3) is 0 Å². The number of benzene rings is 1. The second kappa shape index (κ2) is 7.28. The quantitative estimate of drug-likeness (QED) is 0.769. The lowest BCUT2D eigenvalue weighted by Gasteiger charge is -2.07. The SMILES string of the molecule is COc1ccc(OCCNC(=O)Cc2nc(C)no2)cc1. The average Bonchev–Trinajstić information content (AvgIpc) is 2.89. The van der Waals surface area contributed by atoms with Crippen LogP contribution in [0, 0.1) is 6.92 Å². The van der Waals surface area contributed by atoms with Crippen molar-refractivity contribution in [1.29, 1.82) is 0 Å². The van der Waals surface area contributed by atoms with Gasteiger partial charge in [0.05, 0.1) is 13.7 Å². The predicted octanol–water partition coefficient (Wildman–Crippen LogP) is 1.12. The number of carbonyl (C=O) groups excluding carboxylic acids is 1. The number of nitrogens with zero attached hydrogens (tertiary/aromatic N) is 2. The molecule has 0 spiro atoms. The number of ether oxygens (including phenoxy) is 2. The number of carbonyl (C=O) groups is 1. The minimum Gasteiger partial charge on any atom is -0.497 e. The number of hydrogen-bond acceptors (Lipinski definition) is 6. The van der Waals surface area contributed by atoms with Crippen molar-refractivity contribution in [2.45, 2.75) is 13.3 Å². The van der Waals surface area contributed by atoms with Gasteiger partial charge in [-0.05, 0) is 31.2 Å². The van der Waals surface area contributed by atoms with Gasteiger partial charge in [-0.3, -0.25) is 4.79 Å². The van der Waals surface area contributed by atoms with Gasteiger partial charge in [0, 0.05) is 0 Å². The molecular weight excluding hydrogens is 274 g/mol. The first-order chi connectivity index (χ1) is 10.2. The maximum Gasteiger partial charge on any atom is 0.236 e. The Morgan fingerprint density at radius 1 is 1.29 bits per heavy atom. The van der Waals surface area contributed by atoms with Gasteiger partial charge in [-0.15, -0.1) is 0 Å². The molecule has 7 heteroatoms. The highest BCUT2D eigenvalue weighted by Gasteiger charge is 2.08. The van der Waals surface area contributed by atoms with E-state index in [1.165, 1.54) is 0 Å². The van der Waals surface area contributed by atoms with Crippen molar-refractivity contribution < 1.29 is 18.8 Å². The van der Waals surface area contributed by atoms with Crippen LogP contribution in [0.1, 0.15) is 11.7 Å². The molecule has 7 nitrogen and oxygen atoms in total. The second-order valence-electron chi connectivity index (χ2n) is 4.29. The van der Waals surface area contributed by atoms with Gasteiger partial charge in [0.15, 0.2) is 5.82 Å². The fourth-order valence-corrected chi connectivity index (χ4v) is 1.64. The summed E-state index contributed by atoms with van der Waals surface area (Å²) >= 11 is 0. The third-order valence-corrected chi connectivity index (χ3v) is 2.63. The molecule has 0 atom stereocenters. The van der Waals surface area contributed by atoms with Crippen LogP contribution in [0.3, 0.4) is 0 Å². The minimum atomic E-state index is -0.183. The monoisotopic (exact) mass is 291 g/mol. The van der Waals surface area contributed by atoms with Gasteiger partial charge >= 0.3 is 0 Å². The fraction of sp³-hybridized carbons (Fsp3) is 0.357. The lowest BCUT2D eigenvalue weighted by Crippen LogP contribution is -2.29. The van der Waals surface area contributed by atoms with Gasteiger partial charge in [-0.25, -0.2) is 0 Å². The van der Waals surface area contributed by atoms with E-state index in [1.54, 1.807) is 14.0 Å². The Morgan fingerprint density at radius 2 is 2.00 bits per heavy atom. The highest BCUT2D eigenvalue weighted by molar-refractivity contribution is 5.77. The molecule has 0 unspecified atom stereocenters. The number of hydrogen-bond donors (Lipinski definition) is 1. The first-order valence-electron chi connectivity index (χ1n) is 6.50. The van der Waals surface area contributed by atoms with Crippen LogP contribution >= 0.6 is 0 Å². The van der Waals surface area contributed by atoms with Crippen LogP contribution in [0.5, 0.6) is 11.5 Å². The molecule has 1 aromatic heterocycles. The third kappa shape index (κ3) is 4.79. The molecule has 0 radical (unpaired) electrons. The third-order valence-electron chi connectivity index (χ3n) is 2.63. The summed E-state index contributed by atoms with van der Waals surface area (Å²) in [6.45, 7) is 2.48. The molecule has 1 amide bonds. The molecule has 0 fully saturated rings. The number of aryl methyl sites for hydroxylation is 1. The van der Waals surface area contributed by atoms with Crippen LogP contribution in [0.4, 0.5) is 0 Å². The van der Waals surface area contributed by atoms with E-state index in [9.17, 15) is 4.79 Å². The normalized spacial score (nSPS) is 10.2. The molecule has 0 aliphatic carbocycles. The molecule has 1 N–H and O–H groups in total. The first-order valence-corrected chi connectivity index (χ1v) is 6.50. The van der Waals surface area contributed by atoms with Crippen molar-refractivity contribution in [3.8, 4) is 11.5 Å². The van der Waals surface area contributed by atoms with Crippen molar-refractivity contribution in [3.05, 3.63) is 36.0 Å². The zero-order valence-electron chi connectivity index (χ0n) is 12.0. The predicted molar refractivity (Wildman–Crippen MR) is 74.2 cm³/mol. The van der Waals surface area contributed by atoms with Gasteiger partial charge in [0.1, 0.15) is 24.5 Å². The Labute approximate surface area is 122 Å². The topological polar surface area (TPSA) is 86.5 Å². The molecular formula is C14H17N3O4. The maximum atomic E-state index is 11.6. The summed E-state index contributed by atoms with van der Waals surface area (Å²) in [6.07, 6.45) is 0.0728. The molecule has 2 aromatic rings. The van der Waals surface area contributed by atoms with Gasteiger partial charge in [0.25, 0.3) is 0 Å². The Bertz CT molecular complexity index is 580. The zero-order chi connectivity index (χ0) is 15.1. The highest BCUT2D eigenvalue weighted by Crippen LogP contribution is 2.16. The van der Waals surface area contributed by atoms with Crippen molar-refractivity contribution in [2.75, 3.05) is 20.3 Å². The summed E-state index contributed by atoms with van der Waals surface area (Å²) in [7, 11) is 1.61. The highest BCUT2D eigenvalue weighted by atomic mass is 16.5. The van der Waals surface area contributed by atoms with Crippen molar-refractivity contribution in [2.24, 2.45) is 0 Å². The number of nitrogens with one attached hydrogen (secondary N) is 1. The number of methoxy groups -OCH3 is 1. The van der Waals surface area contributed by atoms with Gasteiger partial charge < -0.3 is 19.3 Å². The molecule has 0 saturated heterocycles. The maximum absolute atomic E-state index is 11.6. The standard InChI is InChI=1S/C14H17N3O4/c1-10-16-14(21-17-10)9-13(18)15-7-8-20-12-5-3-11(19-2)4-6-12/h3-6H,7-9H2,1-2H3,(H,15,18). The zero-order valence-corrected chi connectivity index (χ0v) is 12.0. The lowest BCUT2D eigenvalue weighted by molar-refractivity contribution is -0.120. The molecule has 0 aliphatic rings. The molecule has 112 valence electrons. The number of aromatic nitrogens is 2. The summed E-state index contributed by atoms with van der Waals surface area (Å²) in [6, 6.07) is 7.24. The van der Waals surface area contributed by atoms with Crippen LogP contribution in [-0.2, 0) is 11.2 Å². The summed E-state index contributed by atoms with van der Waals surface area (Å²) in [4.78, 5) is 15.6. The van der Waals surface area contributed by atoms with E-state index in [0.29, 0.717) is 24.9 Å². The second-order valence-corrected chi connectivity index (χ2v) is 4.29. The fourth-order valence-electron chi connectivity index (χ4n) is 1.64. The van der Waals surface area contributed by atoms with Crippen molar-refractivity contribution >= 4 is 5.91 Å². The molecule has 1 aromatic carbocycles. The summed E-state index contributed by atoms with van der Waals surface area (Å²) in [5, 5.41) is 6.34. The van der Waals surface area contributed by atoms with Gasteiger partial charge in [0.2, 0.25) is 11.8 Å². The van der Waals surface area contributed by atoms with Crippen LogP contribution in [0.2, 0.25) is 0 Å². The van der Waals surface area contributed by atoms with E-state index in [2.05, 4.69) is 15.5 Å². The molecule has 21 heavy (non-hydrogen) atoms.